The molecule has 0 spiro atoms. The molecule has 0 saturated heterocycles. The summed E-state index contributed by atoms with van der Waals surface area (Å²) in [5.41, 5.74) is 2.05. The normalized spacial score (nSPS) is 10.3. The van der Waals surface area contributed by atoms with Crippen LogP contribution in [0.4, 0.5) is 0 Å². The lowest BCUT2D eigenvalue weighted by Gasteiger charge is -2.11. The van der Waals surface area contributed by atoms with Crippen LogP contribution in [0.5, 0.6) is 5.75 Å². The van der Waals surface area contributed by atoms with Gasteiger partial charge in [-0.25, -0.2) is 0 Å². The number of nitrogens with zero attached hydrogens (tertiary/aromatic N) is 1. The van der Waals surface area contributed by atoms with Gasteiger partial charge < -0.3 is 9.30 Å². The number of hydrogen-bond acceptors (Lipinski definition) is 1. The fourth-order valence-electron chi connectivity index (χ4n) is 1.51. The molecule has 78 valence electrons. The van der Waals surface area contributed by atoms with E-state index in [1.807, 2.05) is 48.1 Å². The molecule has 0 aliphatic rings. The second-order valence-corrected chi connectivity index (χ2v) is 3.77. The van der Waals surface area contributed by atoms with E-state index in [2.05, 4.69) is 0 Å². The Hall–Kier alpha value is -1.41. The number of aromatic nitrogens is 1. The minimum atomic E-state index is 0.725. The van der Waals surface area contributed by atoms with Crippen molar-refractivity contribution in [3.8, 4) is 11.4 Å². The summed E-state index contributed by atoms with van der Waals surface area (Å²) < 4.78 is 7.30. The topological polar surface area (TPSA) is 14.2 Å². The lowest BCUT2D eigenvalue weighted by molar-refractivity contribution is 0.413. The lowest BCUT2D eigenvalue weighted by atomic mass is 10.2. The zero-order valence-electron chi connectivity index (χ0n) is 8.70. The van der Waals surface area contributed by atoms with Gasteiger partial charge in [0.2, 0.25) is 0 Å². The molecule has 3 heteroatoms. The minimum Gasteiger partial charge on any atom is -0.495 e. The van der Waals surface area contributed by atoms with Crippen molar-refractivity contribution >= 4 is 11.6 Å². The standard InChI is InChI=1S/C12H12ClNO/c1-9-7-11(14-5-3-4-6-14)12(15-2)8-10(9)13/h3-8H,1-2H3. The van der Waals surface area contributed by atoms with Crippen molar-refractivity contribution in [1.82, 2.24) is 4.57 Å². The molecule has 0 bridgehead atoms. The number of ether oxygens (including phenoxy) is 1. The highest BCUT2D eigenvalue weighted by molar-refractivity contribution is 6.31. The number of aryl methyl sites for hydroxylation is 1. The van der Waals surface area contributed by atoms with Crippen molar-refractivity contribution in [3.05, 3.63) is 47.2 Å². The molecule has 0 atom stereocenters. The molecule has 1 aromatic carbocycles. The van der Waals surface area contributed by atoms with Gasteiger partial charge in [0, 0.05) is 23.5 Å². The molecular formula is C12H12ClNO. The fraction of sp³-hybridized carbons (Fsp3) is 0.167. The van der Waals surface area contributed by atoms with E-state index in [1.54, 1.807) is 7.11 Å². The van der Waals surface area contributed by atoms with Gasteiger partial charge in [-0.05, 0) is 30.7 Å². The van der Waals surface area contributed by atoms with Crippen molar-refractivity contribution < 1.29 is 4.74 Å². The van der Waals surface area contributed by atoms with Gasteiger partial charge in [0.1, 0.15) is 5.75 Å². The molecule has 0 amide bonds. The Kier molecular flexibility index (Phi) is 2.69. The third-order valence-electron chi connectivity index (χ3n) is 2.34. The van der Waals surface area contributed by atoms with Crippen LogP contribution >= 0.6 is 11.6 Å². The van der Waals surface area contributed by atoms with Crippen molar-refractivity contribution in [3.63, 3.8) is 0 Å². The summed E-state index contributed by atoms with van der Waals surface area (Å²) in [5, 5.41) is 0.725. The highest BCUT2D eigenvalue weighted by Gasteiger charge is 2.07. The van der Waals surface area contributed by atoms with Gasteiger partial charge in [0.05, 0.1) is 12.8 Å². The molecule has 1 aromatic heterocycles. The highest BCUT2D eigenvalue weighted by atomic mass is 35.5. The van der Waals surface area contributed by atoms with Crippen LogP contribution in [0, 0.1) is 6.92 Å². The van der Waals surface area contributed by atoms with E-state index < -0.39 is 0 Å². The van der Waals surface area contributed by atoms with Gasteiger partial charge in [-0.3, -0.25) is 0 Å². The first-order valence-electron chi connectivity index (χ1n) is 4.70. The van der Waals surface area contributed by atoms with Crippen LogP contribution in [0.3, 0.4) is 0 Å². The Morgan fingerprint density at radius 3 is 2.47 bits per heavy atom. The third kappa shape index (κ3) is 1.85. The van der Waals surface area contributed by atoms with Crippen LogP contribution in [0.2, 0.25) is 5.02 Å². The third-order valence-corrected chi connectivity index (χ3v) is 2.75. The van der Waals surface area contributed by atoms with Gasteiger partial charge in [0.15, 0.2) is 0 Å². The molecule has 0 radical (unpaired) electrons. The van der Waals surface area contributed by atoms with E-state index in [1.165, 1.54) is 0 Å². The van der Waals surface area contributed by atoms with Crippen LogP contribution in [0.1, 0.15) is 5.56 Å². The summed E-state index contributed by atoms with van der Waals surface area (Å²) in [6.45, 7) is 1.98. The highest BCUT2D eigenvalue weighted by Crippen LogP contribution is 2.29. The maximum absolute atomic E-state index is 6.04. The second-order valence-electron chi connectivity index (χ2n) is 3.36. The lowest BCUT2D eigenvalue weighted by Crippen LogP contribution is -1.96. The minimum absolute atomic E-state index is 0.725. The first-order valence-corrected chi connectivity index (χ1v) is 5.07. The van der Waals surface area contributed by atoms with Gasteiger partial charge in [0.25, 0.3) is 0 Å². The van der Waals surface area contributed by atoms with Crippen LogP contribution in [-0.4, -0.2) is 11.7 Å². The van der Waals surface area contributed by atoms with Crippen LogP contribution < -0.4 is 4.74 Å². The van der Waals surface area contributed by atoms with E-state index in [0.717, 1.165) is 22.0 Å². The first-order chi connectivity index (χ1) is 7.22. The summed E-state index contributed by atoms with van der Waals surface area (Å²) in [4.78, 5) is 0. The van der Waals surface area contributed by atoms with Crippen LogP contribution in [0.15, 0.2) is 36.7 Å². The van der Waals surface area contributed by atoms with E-state index in [0.29, 0.717) is 0 Å². The average Bonchev–Trinajstić information content (AvgIpc) is 2.74. The molecule has 0 unspecified atom stereocenters. The zero-order chi connectivity index (χ0) is 10.8. The maximum atomic E-state index is 6.04. The molecule has 0 saturated carbocycles. The molecule has 2 rings (SSSR count). The summed E-state index contributed by atoms with van der Waals surface area (Å²) in [6, 6.07) is 7.81. The number of halogens is 1. The van der Waals surface area contributed by atoms with E-state index >= 15 is 0 Å². The molecule has 0 aliphatic carbocycles. The number of methoxy groups -OCH3 is 1. The largest absolute Gasteiger partial charge is 0.495 e. The van der Waals surface area contributed by atoms with Crippen molar-refractivity contribution in [2.75, 3.05) is 7.11 Å². The predicted molar refractivity (Wildman–Crippen MR) is 62.1 cm³/mol. The van der Waals surface area contributed by atoms with Crippen LogP contribution in [-0.2, 0) is 0 Å². The Morgan fingerprint density at radius 2 is 1.87 bits per heavy atom. The fourth-order valence-corrected chi connectivity index (χ4v) is 1.66. The smallest absolute Gasteiger partial charge is 0.144 e. The predicted octanol–water partition coefficient (Wildman–Crippen LogP) is 3.45. The molecule has 2 nitrogen and oxygen atoms in total. The molecule has 1 heterocycles. The van der Waals surface area contributed by atoms with Crippen molar-refractivity contribution in [2.24, 2.45) is 0 Å². The number of benzene rings is 1. The quantitative estimate of drug-likeness (QED) is 0.758. The molecule has 0 N–H and O–H groups in total. The molecule has 2 aromatic rings. The monoisotopic (exact) mass is 221 g/mol. The van der Waals surface area contributed by atoms with E-state index in [-0.39, 0.29) is 0 Å². The first kappa shape index (κ1) is 10.1. The summed E-state index contributed by atoms with van der Waals surface area (Å²) in [7, 11) is 1.65. The molecule has 0 fully saturated rings. The summed E-state index contributed by atoms with van der Waals surface area (Å²) in [5.74, 6) is 0.779. The Labute approximate surface area is 94.1 Å². The van der Waals surface area contributed by atoms with Gasteiger partial charge >= 0.3 is 0 Å². The number of rotatable bonds is 2. The summed E-state index contributed by atoms with van der Waals surface area (Å²) in [6.07, 6.45) is 3.95. The Morgan fingerprint density at radius 1 is 1.20 bits per heavy atom. The SMILES string of the molecule is COc1cc(Cl)c(C)cc1-n1cccc1. The van der Waals surface area contributed by atoms with E-state index in [4.69, 9.17) is 16.3 Å². The van der Waals surface area contributed by atoms with Crippen LogP contribution in [0.25, 0.3) is 5.69 Å². The average molecular weight is 222 g/mol. The molecule has 15 heavy (non-hydrogen) atoms. The zero-order valence-corrected chi connectivity index (χ0v) is 9.45. The van der Waals surface area contributed by atoms with E-state index in [9.17, 15) is 0 Å². The van der Waals surface area contributed by atoms with Crippen molar-refractivity contribution in [1.29, 1.82) is 0 Å². The number of hydrogen-bond donors (Lipinski definition) is 0. The maximum Gasteiger partial charge on any atom is 0.144 e. The summed E-state index contributed by atoms with van der Waals surface area (Å²) >= 11 is 6.04. The molecule has 0 aliphatic heterocycles. The van der Waals surface area contributed by atoms with Gasteiger partial charge in [-0.15, -0.1) is 0 Å². The van der Waals surface area contributed by atoms with Gasteiger partial charge in [-0.2, -0.15) is 0 Å². The molecular weight excluding hydrogens is 210 g/mol. The van der Waals surface area contributed by atoms with Crippen molar-refractivity contribution in [2.45, 2.75) is 6.92 Å². The Balaban J connectivity index is 2.60. The second kappa shape index (κ2) is 3.99. The van der Waals surface area contributed by atoms with Gasteiger partial charge in [-0.1, -0.05) is 11.6 Å². The Bertz CT molecular complexity index is 463.